The third kappa shape index (κ3) is 3.93. The Morgan fingerprint density at radius 2 is 1.77 bits per heavy atom. The van der Waals surface area contributed by atoms with E-state index in [0.717, 1.165) is 59.9 Å². The van der Waals surface area contributed by atoms with Crippen LogP contribution in [-0.4, -0.2) is 58.3 Å². The van der Waals surface area contributed by atoms with Crippen molar-refractivity contribution in [2.24, 2.45) is 0 Å². The first-order chi connectivity index (χ1) is 14.7. The van der Waals surface area contributed by atoms with Gasteiger partial charge in [0.2, 0.25) is 10.1 Å². The van der Waals surface area contributed by atoms with E-state index in [4.69, 9.17) is 10.1 Å². The first kappa shape index (κ1) is 19.8. The number of nitrogens with zero attached hydrogens (tertiary/aromatic N) is 5. The zero-order valence-corrected chi connectivity index (χ0v) is 18.9. The van der Waals surface area contributed by atoms with Gasteiger partial charge >= 0.3 is 0 Å². The molecule has 0 atom stereocenters. The molecule has 2 aliphatic rings. The van der Waals surface area contributed by atoms with Crippen LogP contribution < -0.4 is 10.2 Å². The summed E-state index contributed by atoms with van der Waals surface area (Å²) in [4.78, 5) is 10.9. The van der Waals surface area contributed by atoms with E-state index in [2.05, 4.69) is 57.7 Å². The van der Waals surface area contributed by atoms with Crippen LogP contribution in [0, 0.1) is 6.92 Å². The normalized spacial score (nSPS) is 18.9. The average molecular weight is 425 g/mol. The van der Waals surface area contributed by atoms with Gasteiger partial charge in [0.25, 0.3) is 0 Å². The minimum atomic E-state index is 0.515. The molecule has 3 aromatic rings. The number of nitrogens with one attached hydrogen (secondary N) is 1. The molecule has 0 spiro atoms. The van der Waals surface area contributed by atoms with E-state index in [9.17, 15) is 0 Å². The van der Waals surface area contributed by atoms with Crippen molar-refractivity contribution < 1.29 is 0 Å². The maximum absolute atomic E-state index is 5.04. The largest absolute Gasteiger partial charge is 0.365 e. The van der Waals surface area contributed by atoms with Gasteiger partial charge in [-0.05, 0) is 26.3 Å². The van der Waals surface area contributed by atoms with E-state index in [-0.39, 0.29) is 0 Å². The molecule has 1 saturated carbocycles. The number of aryl methyl sites for hydroxylation is 1. The van der Waals surface area contributed by atoms with Crippen LogP contribution in [0.1, 0.15) is 44.6 Å². The van der Waals surface area contributed by atoms with Gasteiger partial charge in [0.1, 0.15) is 5.69 Å². The molecule has 7 heteroatoms. The highest BCUT2D eigenvalue weighted by Crippen LogP contribution is 2.35. The maximum atomic E-state index is 5.04. The summed E-state index contributed by atoms with van der Waals surface area (Å²) in [6.07, 6.45) is 6.44. The number of fused-ring (bicyclic) bond motifs is 1. The van der Waals surface area contributed by atoms with Crippen molar-refractivity contribution in [3.05, 3.63) is 29.8 Å². The molecule has 1 N–H and O–H groups in total. The molecule has 1 aliphatic heterocycles. The minimum Gasteiger partial charge on any atom is -0.365 e. The van der Waals surface area contributed by atoms with Gasteiger partial charge in [0.05, 0.1) is 0 Å². The number of hydrogen-bond acceptors (Lipinski definition) is 6. The Morgan fingerprint density at radius 3 is 2.47 bits per heavy atom. The highest BCUT2D eigenvalue weighted by Gasteiger charge is 2.24. The summed E-state index contributed by atoms with van der Waals surface area (Å²) in [7, 11) is 0. The summed E-state index contributed by atoms with van der Waals surface area (Å²) in [5.41, 5.74) is 3.46. The fourth-order valence-electron chi connectivity index (χ4n) is 4.60. The van der Waals surface area contributed by atoms with Gasteiger partial charge in [-0.2, -0.15) is 4.52 Å². The third-order valence-electron chi connectivity index (χ3n) is 6.55. The Hall–Kier alpha value is -2.12. The zero-order valence-electron chi connectivity index (χ0n) is 18.1. The monoisotopic (exact) mass is 424 g/mol. The molecule has 160 valence electrons. The number of piperazine rings is 1. The smallest absolute Gasteiger partial charge is 0.216 e. The van der Waals surface area contributed by atoms with Crippen molar-refractivity contribution in [1.82, 2.24) is 19.5 Å². The number of rotatable bonds is 5. The average Bonchev–Trinajstić information content (AvgIpc) is 3.34. The Labute approximate surface area is 182 Å². The Morgan fingerprint density at radius 1 is 1.03 bits per heavy atom. The molecule has 0 amide bonds. The lowest BCUT2D eigenvalue weighted by atomic mass is 9.95. The number of benzene rings is 1. The molecule has 1 aromatic carbocycles. The van der Waals surface area contributed by atoms with E-state index in [1.54, 1.807) is 11.3 Å². The van der Waals surface area contributed by atoms with Gasteiger partial charge in [0, 0.05) is 37.8 Å². The first-order valence-electron chi connectivity index (χ1n) is 11.4. The SMILES string of the molecule is CCN1CCN(c2nn3c(NC4CCCCC4)c(-c4ccc(C)cc4)nc3s2)CC1. The molecule has 3 heterocycles. The summed E-state index contributed by atoms with van der Waals surface area (Å²) in [5, 5.41) is 9.96. The molecule has 1 aliphatic carbocycles. The Bertz CT molecular complexity index is 977. The third-order valence-corrected chi connectivity index (χ3v) is 7.52. The van der Waals surface area contributed by atoms with Crippen molar-refractivity contribution in [3.63, 3.8) is 0 Å². The van der Waals surface area contributed by atoms with Crippen molar-refractivity contribution in [3.8, 4) is 11.3 Å². The van der Waals surface area contributed by atoms with Crippen molar-refractivity contribution >= 4 is 27.2 Å². The predicted octanol–water partition coefficient (Wildman–Crippen LogP) is 4.65. The fourth-order valence-corrected chi connectivity index (χ4v) is 5.56. The molecule has 1 saturated heterocycles. The second-order valence-electron chi connectivity index (χ2n) is 8.65. The van der Waals surface area contributed by atoms with Crippen LogP contribution in [0.3, 0.4) is 0 Å². The number of imidazole rings is 1. The lowest BCUT2D eigenvalue weighted by Crippen LogP contribution is -2.46. The van der Waals surface area contributed by atoms with Crippen LogP contribution in [0.5, 0.6) is 0 Å². The number of anilines is 2. The molecular weight excluding hydrogens is 392 g/mol. The van der Waals surface area contributed by atoms with Crippen LogP contribution in [0.15, 0.2) is 24.3 Å². The summed E-state index contributed by atoms with van der Waals surface area (Å²) in [6.45, 7) is 9.80. The van der Waals surface area contributed by atoms with E-state index >= 15 is 0 Å². The molecule has 0 radical (unpaired) electrons. The van der Waals surface area contributed by atoms with Gasteiger partial charge < -0.3 is 15.1 Å². The standard InChI is InChI=1S/C23H32N6S/c1-3-27-13-15-28(16-14-27)23-26-29-21(24-19-7-5-4-6-8-19)20(25-22(29)30-23)18-11-9-17(2)10-12-18/h9-12,19,24H,3-8,13-16H2,1-2H3. The summed E-state index contributed by atoms with van der Waals surface area (Å²) < 4.78 is 2.07. The van der Waals surface area contributed by atoms with Gasteiger partial charge in [-0.3, -0.25) is 0 Å². The number of aromatic nitrogens is 3. The van der Waals surface area contributed by atoms with E-state index in [0.29, 0.717) is 6.04 Å². The molecule has 30 heavy (non-hydrogen) atoms. The molecular formula is C23H32N6S. The zero-order chi connectivity index (χ0) is 20.5. The van der Waals surface area contributed by atoms with Crippen molar-refractivity contribution in [2.45, 2.75) is 52.0 Å². The fraction of sp³-hybridized carbons (Fsp3) is 0.565. The quantitative estimate of drug-likeness (QED) is 0.646. The molecule has 2 fully saturated rings. The van der Waals surface area contributed by atoms with Gasteiger partial charge in [-0.25, -0.2) is 4.98 Å². The minimum absolute atomic E-state index is 0.515. The van der Waals surface area contributed by atoms with Gasteiger partial charge in [-0.1, -0.05) is 67.4 Å². The van der Waals surface area contributed by atoms with Crippen LogP contribution in [0.2, 0.25) is 0 Å². The van der Waals surface area contributed by atoms with E-state index < -0.39 is 0 Å². The van der Waals surface area contributed by atoms with Crippen molar-refractivity contribution in [1.29, 1.82) is 0 Å². The Kier molecular flexibility index (Phi) is 5.65. The van der Waals surface area contributed by atoms with Crippen LogP contribution in [0.4, 0.5) is 10.9 Å². The van der Waals surface area contributed by atoms with E-state index in [1.807, 2.05) is 0 Å². The second kappa shape index (κ2) is 8.55. The summed E-state index contributed by atoms with van der Waals surface area (Å²) in [5.74, 6) is 1.07. The summed E-state index contributed by atoms with van der Waals surface area (Å²) >= 11 is 1.72. The Balaban J connectivity index is 1.48. The highest BCUT2D eigenvalue weighted by atomic mass is 32.1. The molecule has 5 rings (SSSR count). The topological polar surface area (TPSA) is 48.7 Å². The predicted molar refractivity (Wildman–Crippen MR) is 126 cm³/mol. The molecule has 0 unspecified atom stereocenters. The highest BCUT2D eigenvalue weighted by molar-refractivity contribution is 7.20. The van der Waals surface area contributed by atoms with Crippen LogP contribution >= 0.6 is 11.3 Å². The molecule has 6 nitrogen and oxygen atoms in total. The van der Waals surface area contributed by atoms with Crippen molar-refractivity contribution in [2.75, 3.05) is 42.9 Å². The lowest BCUT2D eigenvalue weighted by molar-refractivity contribution is 0.271. The first-order valence-corrected chi connectivity index (χ1v) is 12.2. The lowest BCUT2D eigenvalue weighted by Gasteiger charge is -2.33. The van der Waals surface area contributed by atoms with Gasteiger partial charge in [0.15, 0.2) is 5.82 Å². The summed E-state index contributed by atoms with van der Waals surface area (Å²) in [6, 6.07) is 9.21. The number of hydrogen-bond donors (Lipinski definition) is 1. The molecule has 0 bridgehead atoms. The van der Waals surface area contributed by atoms with Gasteiger partial charge in [-0.15, -0.1) is 5.10 Å². The number of likely N-dealkylation sites (N-methyl/N-ethyl adjacent to an activating group) is 1. The van der Waals surface area contributed by atoms with Crippen LogP contribution in [0.25, 0.3) is 16.2 Å². The molecule has 2 aromatic heterocycles. The second-order valence-corrected chi connectivity index (χ2v) is 9.59. The van der Waals surface area contributed by atoms with Crippen LogP contribution in [-0.2, 0) is 0 Å². The maximum Gasteiger partial charge on any atom is 0.216 e. The van der Waals surface area contributed by atoms with E-state index in [1.165, 1.54) is 37.7 Å².